The second kappa shape index (κ2) is 10.7. The predicted octanol–water partition coefficient (Wildman–Crippen LogP) is 1.31. The first-order valence-corrected chi connectivity index (χ1v) is 11.8. The number of hydrogen-bond donors (Lipinski definition) is 2. The molecule has 2 aromatic rings. The van der Waals surface area contributed by atoms with E-state index in [0.29, 0.717) is 49.6 Å². The number of primary amides is 1. The summed E-state index contributed by atoms with van der Waals surface area (Å²) in [6.45, 7) is 5.90. The molecule has 1 amide bonds. The zero-order valence-corrected chi connectivity index (χ0v) is 20.7. The standard InChI is InChI=1S/C24H30BN5O6/c1-24(2)13-35-25(36-14-24)19-9-17(5-4-15(19)8-21(31)33-3)28-23-18(22(27)32)11-30(29-23)20-12-34-7-6-16(20)10-26/h4-5,9,11,16,20H,6-8,12-14H2,1-3H3,(H2,27,32)(H,28,29)/t16?,20-/m0/s1. The fourth-order valence-electron chi connectivity index (χ4n) is 4.26. The van der Waals surface area contributed by atoms with Crippen LogP contribution in [0.15, 0.2) is 24.4 Å². The number of nitrogens with zero attached hydrogens (tertiary/aromatic N) is 3. The first-order valence-electron chi connectivity index (χ1n) is 11.8. The SMILES string of the molecule is COC(=O)Cc1ccc(Nc2nn([C@H]3COCCC3C#N)cc2C(N)=O)cc1B1OCC(C)(C)CO1. The Morgan fingerprint density at radius 1 is 1.36 bits per heavy atom. The van der Waals surface area contributed by atoms with Gasteiger partial charge in [0.1, 0.15) is 5.56 Å². The number of anilines is 2. The fourth-order valence-corrected chi connectivity index (χ4v) is 4.26. The summed E-state index contributed by atoms with van der Waals surface area (Å²) in [6, 6.07) is 7.31. The highest BCUT2D eigenvalue weighted by atomic mass is 16.6. The van der Waals surface area contributed by atoms with Gasteiger partial charge in [-0.1, -0.05) is 19.9 Å². The molecule has 0 radical (unpaired) electrons. The zero-order valence-electron chi connectivity index (χ0n) is 20.7. The minimum absolute atomic E-state index is 0.0527. The van der Waals surface area contributed by atoms with Crippen LogP contribution in [0.3, 0.4) is 0 Å². The third-order valence-corrected chi connectivity index (χ3v) is 6.31. The number of nitrogens with two attached hydrogens (primary N) is 1. The second-order valence-electron chi connectivity index (χ2n) is 9.81. The lowest BCUT2D eigenvalue weighted by Crippen LogP contribution is -2.48. The minimum Gasteiger partial charge on any atom is -0.469 e. The molecule has 0 spiro atoms. The summed E-state index contributed by atoms with van der Waals surface area (Å²) in [7, 11) is 0.674. The van der Waals surface area contributed by atoms with Gasteiger partial charge in [0, 0.05) is 37.1 Å². The second-order valence-corrected chi connectivity index (χ2v) is 9.81. The Bertz CT molecular complexity index is 1170. The molecule has 2 saturated heterocycles. The number of methoxy groups -OCH3 is 1. The first-order chi connectivity index (χ1) is 17.2. The summed E-state index contributed by atoms with van der Waals surface area (Å²) in [4.78, 5) is 24.2. The van der Waals surface area contributed by atoms with Crippen molar-refractivity contribution in [2.24, 2.45) is 17.1 Å². The molecule has 2 aliphatic heterocycles. The van der Waals surface area contributed by atoms with Gasteiger partial charge in [0.05, 0.1) is 38.2 Å². The molecule has 2 atom stereocenters. The number of ether oxygens (including phenoxy) is 2. The van der Waals surface area contributed by atoms with Crippen LogP contribution in [0.1, 0.15) is 42.2 Å². The molecule has 2 fully saturated rings. The van der Waals surface area contributed by atoms with E-state index in [1.165, 1.54) is 13.3 Å². The first kappa shape index (κ1) is 25.7. The number of aromatic nitrogens is 2. The number of nitrogens with one attached hydrogen (secondary N) is 1. The summed E-state index contributed by atoms with van der Waals surface area (Å²) >= 11 is 0. The summed E-state index contributed by atoms with van der Waals surface area (Å²) < 4.78 is 23.9. The van der Waals surface area contributed by atoms with Crippen molar-refractivity contribution in [3.05, 3.63) is 35.5 Å². The van der Waals surface area contributed by atoms with Gasteiger partial charge in [0.2, 0.25) is 0 Å². The van der Waals surface area contributed by atoms with Crippen LogP contribution >= 0.6 is 0 Å². The number of hydrogen-bond acceptors (Lipinski definition) is 9. The van der Waals surface area contributed by atoms with Gasteiger partial charge in [0.25, 0.3) is 5.91 Å². The fraction of sp³-hybridized carbons (Fsp3) is 0.500. The van der Waals surface area contributed by atoms with Crippen molar-refractivity contribution in [2.45, 2.75) is 32.7 Å². The minimum atomic E-state index is -0.664. The Labute approximate surface area is 210 Å². The maximum atomic E-state index is 12.2. The summed E-state index contributed by atoms with van der Waals surface area (Å²) in [5.41, 5.74) is 7.66. The van der Waals surface area contributed by atoms with E-state index in [0.717, 1.165) is 0 Å². The molecule has 12 heteroatoms. The highest BCUT2D eigenvalue weighted by molar-refractivity contribution is 6.62. The molecule has 190 valence electrons. The van der Waals surface area contributed by atoms with E-state index in [4.69, 9.17) is 24.5 Å². The number of carbonyl (C=O) groups is 2. The third kappa shape index (κ3) is 5.70. The molecule has 1 aromatic carbocycles. The lowest BCUT2D eigenvalue weighted by molar-refractivity contribution is -0.139. The van der Waals surface area contributed by atoms with Crippen molar-refractivity contribution in [2.75, 3.05) is 38.9 Å². The molecular formula is C24H30BN5O6. The van der Waals surface area contributed by atoms with Crippen LogP contribution in [0.25, 0.3) is 0 Å². The smallest absolute Gasteiger partial charge is 0.469 e. The van der Waals surface area contributed by atoms with Gasteiger partial charge in [-0.25, -0.2) is 0 Å². The van der Waals surface area contributed by atoms with Crippen molar-refractivity contribution in [3.8, 4) is 6.07 Å². The lowest BCUT2D eigenvalue weighted by atomic mass is 9.72. The maximum absolute atomic E-state index is 12.2. The van der Waals surface area contributed by atoms with Gasteiger partial charge in [-0.15, -0.1) is 0 Å². The number of rotatable bonds is 7. The van der Waals surface area contributed by atoms with E-state index in [-0.39, 0.29) is 41.1 Å². The zero-order chi connectivity index (χ0) is 25.9. The molecule has 1 aromatic heterocycles. The summed E-state index contributed by atoms with van der Waals surface area (Å²) in [5.74, 6) is -1.08. The number of carbonyl (C=O) groups excluding carboxylic acids is 2. The largest absolute Gasteiger partial charge is 0.494 e. The van der Waals surface area contributed by atoms with Crippen molar-refractivity contribution >= 4 is 36.0 Å². The normalized spacial score (nSPS) is 21.4. The molecule has 0 aliphatic carbocycles. The van der Waals surface area contributed by atoms with E-state index >= 15 is 0 Å². The van der Waals surface area contributed by atoms with Crippen LogP contribution in [0, 0.1) is 22.7 Å². The molecule has 0 bridgehead atoms. The van der Waals surface area contributed by atoms with Crippen molar-refractivity contribution in [1.29, 1.82) is 5.26 Å². The Hall–Kier alpha value is -3.40. The Balaban J connectivity index is 1.64. The third-order valence-electron chi connectivity index (χ3n) is 6.31. The van der Waals surface area contributed by atoms with E-state index in [2.05, 4.69) is 16.5 Å². The van der Waals surface area contributed by atoms with E-state index in [1.54, 1.807) is 22.9 Å². The Morgan fingerprint density at radius 2 is 2.11 bits per heavy atom. The van der Waals surface area contributed by atoms with Crippen molar-refractivity contribution < 1.29 is 28.4 Å². The average Bonchev–Trinajstić information content (AvgIpc) is 3.28. The van der Waals surface area contributed by atoms with Crippen molar-refractivity contribution in [1.82, 2.24) is 9.78 Å². The quantitative estimate of drug-likeness (QED) is 0.428. The maximum Gasteiger partial charge on any atom is 0.494 e. The molecule has 11 nitrogen and oxygen atoms in total. The topological polar surface area (TPSA) is 151 Å². The Kier molecular flexibility index (Phi) is 7.63. The van der Waals surface area contributed by atoms with Crippen LogP contribution in [-0.2, 0) is 30.0 Å². The van der Waals surface area contributed by atoms with E-state index < -0.39 is 13.0 Å². The molecular weight excluding hydrogens is 465 g/mol. The predicted molar refractivity (Wildman–Crippen MR) is 131 cm³/mol. The van der Waals surface area contributed by atoms with Crippen LogP contribution in [0.4, 0.5) is 11.5 Å². The number of amides is 1. The monoisotopic (exact) mass is 495 g/mol. The highest BCUT2D eigenvalue weighted by Crippen LogP contribution is 2.29. The van der Waals surface area contributed by atoms with Gasteiger partial charge in [-0.2, -0.15) is 10.4 Å². The van der Waals surface area contributed by atoms with Crippen LogP contribution in [-0.4, -0.2) is 62.3 Å². The number of benzene rings is 1. The Morgan fingerprint density at radius 3 is 2.78 bits per heavy atom. The average molecular weight is 495 g/mol. The van der Waals surface area contributed by atoms with Crippen LogP contribution < -0.4 is 16.5 Å². The van der Waals surface area contributed by atoms with Gasteiger partial charge in [-0.05, 0) is 29.6 Å². The number of esters is 1. The van der Waals surface area contributed by atoms with Crippen molar-refractivity contribution in [3.63, 3.8) is 0 Å². The van der Waals surface area contributed by atoms with Gasteiger partial charge >= 0.3 is 13.1 Å². The van der Waals surface area contributed by atoms with E-state index in [9.17, 15) is 14.9 Å². The summed E-state index contributed by atoms with van der Waals surface area (Å²) in [6.07, 6.45) is 2.17. The molecule has 3 heterocycles. The molecule has 3 N–H and O–H groups in total. The van der Waals surface area contributed by atoms with Gasteiger partial charge in [-0.3, -0.25) is 14.3 Å². The molecule has 36 heavy (non-hydrogen) atoms. The lowest BCUT2D eigenvalue weighted by Gasteiger charge is -2.33. The molecule has 0 saturated carbocycles. The van der Waals surface area contributed by atoms with Gasteiger partial charge < -0.3 is 29.8 Å². The molecule has 2 aliphatic rings. The van der Waals surface area contributed by atoms with E-state index in [1.807, 2.05) is 13.8 Å². The molecule has 4 rings (SSSR count). The van der Waals surface area contributed by atoms with Crippen LogP contribution in [0.5, 0.6) is 0 Å². The molecule has 1 unspecified atom stereocenters. The number of nitriles is 1. The van der Waals surface area contributed by atoms with Gasteiger partial charge in [0.15, 0.2) is 5.82 Å². The highest BCUT2D eigenvalue weighted by Gasteiger charge is 2.35. The van der Waals surface area contributed by atoms with Crippen LogP contribution in [0.2, 0.25) is 0 Å². The summed E-state index contributed by atoms with van der Waals surface area (Å²) in [5, 5.41) is 17.2.